The van der Waals surface area contributed by atoms with Crippen LogP contribution in [0.25, 0.3) is 0 Å². The van der Waals surface area contributed by atoms with E-state index in [4.69, 9.17) is 4.74 Å². The molecule has 4 nitrogen and oxygen atoms in total. The lowest BCUT2D eigenvalue weighted by Crippen LogP contribution is -2.27. The molecule has 4 heteroatoms. The zero-order chi connectivity index (χ0) is 12.5. The molecular weight excluding hydrogens is 216 g/mol. The van der Waals surface area contributed by atoms with E-state index in [1.165, 1.54) is 0 Å². The number of ether oxygens (including phenoxy) is 1. The van der Waals surface area contributed by atoms with Gasteiger partial charge in [-0.15, -0.1) is 0 Å². The molecule has 1 N–H and O–H groups in total. The molecule has 0 aromatic carbocycles. The standard InChI is InChI=1S/C13H22N2O2/c1-3-17-10-4-6-14-7-9-15-8-5-12(2)11-13(15)16/h5,8,11,14H,3-4,6-7,9-10H2,1-2H3. The van der Waals surface area contributed by atoms with E-state index >= 15 is 0 Å². The summed E-state index contributed by atoms with van der Waals surface area (Å²) in [6.45, 7) is 7.96. The molecule has 0 bridgehead atoms. The van der Waals surface area contributed by atoms with E-state index in [1.807, 2.05) is 26.1 Å². The van der Waals surface area contributed by atoms with Crippen molar-refractivity contribution in [3.05, 3.63) is 34.2 Å². The quantitative estimate of drug-likeness (QED) is 0.691. The predicted molar refractivity (Wildman–Crippen MR) is 69.4 cm³/mol. The Morgan fingerprint density at radius 3 is 2.94 bits per heavy atom. The van der Waals surface area contributed by atoms with Crippen molar-refractivity contribution in [3.8, 4) is 0 Å². The van der Waals surface area contributed by atoms with Gasteiger partial charge in [-0.2, -0.15) is 0 Å². The van der Waals surface area contributed by atoms with Gasteiger partial charge in [-0.25, -0.2) is 0 Å². The van der Waals surface area contributed by atoms with Gasteiger partial charge in [0.15, 0.2) is 0 Å². The summed E-state index contributed by atoms with van der Waals surface area (Å²) in [6, 6.07) is 3.62. The number of aryl methyl sites for hydroxylation is 1. The van der Waals surface area contributed by atoms with E-state index in [0.717, 1.165) is 38.3 Å². The Bertz CT molecular complexity index is 374. The lowest BCUT2D eigenvalue weighted by molar-refractivity contribution is 0.145. The third-order valence-corrected chi connectivity index (χ3v) is 2.53. The summed E-state index contributed by atoms with van der Waals surface area (Å²) in [5.74, 6) is 0. The van der Waals surface area contributed by atoms with Crippen molar-refractivity contribution in [1.29, 1.82) is 0 Å². The number of rotatable bonds is 8. The molecule has 0 fully saturated rings. The minimum Gasteiger partial charge on any atom is -0.382 e. The van der Waals surface area contributed by atoms with E-state index < -0.39 is 0 Å². The lowest BCUT2D eigenvalue weighted by Gasteiger charge is -2.07. The van der Waals surface area contributed by atoms with Crippen molar-refractivity contribution >= 4 is 0 Å². The van der Waals surface area contributed by atoms with Crippen molar-refractivity contribution in [3.63, 3.8) is 0 Å². The third-order valence-electron chi connectivity index (χ3n) is 2.53. The van der Waals surface area contributed by atoms with Gasteiger partial charge < -0.3 is 14.6 Å². The summed E-state index contributed by atoms with van der Waals surface area (Å²) in [7, 11) is 0. The first-order chi connectivity index (χ1) is 8.24. The topological polar surface area (TPSA) is 43.3 Å². The van der Waals surface area contributed by atoms with Crippen LogP contribution in [0.1, 0.15) is 18.9 Å². The smallest absolute Gasteiger partial charge is 0.250 e. The van der Waals surface area contributed by atoms with Gasteiger partial charge in [0, 0.05) is 38.6 Å². The summed E-state index contributed by atoms with van der Waals surface area (Å²) in [5, 5.41) is 3.29. The van der Waals surface area contributed by atoms with Crippen LogP contribution in [0.15, 0.2) is 23.1 Å². The van der Waals surface area contributed by atoms with Gasteiger partial charge in [0.25, 0.3) is 5.56 Å². The minimum atomic E-state index is 0.0705. The van der Waals surface area contributed by atoms with Crippen LogP contribution in [0, 0.1) is 6.92 Å². The SMILES string of the molecule is CCOCCCNCCn1ccc(C)cc1=O. The fourth-order valence-electron chi connectivity index (χ4n) is 1.56. The summed E-state index contributed by atoms with van der Waals surface area (Å²) >= 11 is 0. The molecule has 0 unspecified atom stereocenters. The first-order valence-corrected chi connectivity index (χ1v) is 6.19. The van der Waals surface area contributed by atoms with E-state index in [9.17, 15) is 4.79 Å². The molecule has 1 aromatic rings. The van der Waals surface area contributed by atoms with Crippen LogP contribution in [0.2, 0.25) is 0 Å². The van der Waals surface area contributed by atoms with Crippen LogP contribution in [-0.2, 0) is 11.3 Å². The van der Waals surface area contributed by atoms with Gasteiger partial charge in [0.05, 0.1) is 0 Å². The second kappa shape index (κ2) is 8.03. The largest absolute Gasteiger partial charge is 0.382 e. The molecule has 0 aliphatic rings. The highest BCUT2D eigenvalue weighted by Gasteiger charge is 1.95. The Morgan fingerprint density at radius 2 is 2.24 bits per heavy atom. The molecule has 17 heavy (non-hydrogen) atoms. The number of aromatic nitrogens is 1. The van der Waals surface area contributed by atoms with E-state index in [2.05, 4.69) is 5.32 Å². The molecular formula is C13H22N2O2. The normalized spacial score (nSPS) is 10.7. The van der Waals surface area contributed by atoms with Gasteiger partial charge in [0.2, 0.25) is 0 Å². The Hall–Kier alpha value is -1.13. The van der Waals surface area contributed by atoms with Crippen molar-refractivity contribution in [1.82, 2.24) is 9.88 Å². The van der Waals surface area contributed by atoms with Crippen LogP contribution >= 0.6 is 0 Å². The van der Waals surface area contributed by atoms with Gasteiger partial charge in [0.1, 0.15) is 0 Å². The second-order valence-corrected chi connectivity index (χ2v) is 4.04. The third kappa shape index (κ3) is 5.65. The molecule has 0 radical (unpaired) electrons. The van der Waals surface area contributed by atoms with Crippen molar-refractivity contribution in [2.75, 3.05) is 26.3 Å². The molecule has 0 spiro atoms. The number of nitrogens with zero attached hydrogens (tertiary/aromatic N) is 1. The predicted octanol–water partition coefficient (Wildman–Crippen LogP) is 1.17. The highest BCUT2D eigenvalue weighted by Crippen LogP contribution is 1.90. The van der Waals surface area contributed by atoms with Gasteiger partial charge in [-0.3, -0.25) is 4.79 Å². The van der Waals surface area contributed by atoms with Gasteiger partial charge in [-0.05, 0) is 38.4 Å². The van der Waals surface area contributed by atoms with Crippen molar-refractivity contribution < 1.29 is 4.74 Å². The van der Waals surface area contributed by atoms with Crippen molar-refractivity contribution in [2.24, 2.45) is 0 Å². The summed E-state index contributed by atoms with van der Waals surface area (Å²) < 4.78 is 6.96. The molecule has 0 atom stereocenters. The average Bonchev–Trinajstić information content (AvgIpc) is 2.30. The summed E-state index contributed by atoms with van der Waals surface area (Å²) in [5.41, 5.74) is 1.08. The number of nitrogens with one attached hydrogen (secondary N) is 1. The number of hydrogen-bond acceptors (Lipinski definition) is 3. The lowest BCUT2D eigenvalue weighted by atomic mass is 10.3. The maximum atomic E-state index is 11.6. The van der Waals surface area contributed by atoms with Crippen LogP contribution in [-0.4, -0.2) is 30.9 Å². The fraction of sp³-hybridized carbons (Fsp3) is 0.615. The van der Waals surface area contributed by atoms with Gasteiger partial charge in [-0.1, -0.05) is 0 Å². The van der Waals surface area contributed by atoms with E-state index in [0.29, 0.717) is 6.54 Å². The van der Waals surface area contributed by atoms with Crippen LogP contribution in [0.4, 0.5) is 0 Å². The molecule has 0 saturated heterocycles. The van der Waals surface area contributed by atoms with Crippen LogP contribution in [0.3, 0.4) is 0 Å². The molecule has 0 aliphatic heterocycles. The Balaban J connectivity index is 2.16. The molecule has 1 heterocycles. The maximum absolute atomic E-state index is 11.6. The first-order valence-electron chi connectivity index (χ1n) is 6.19. The Labute approximate surface area is 103 Å². The fourth-order valence-corrected chi connectivity index (χ4v) is 1.56. The molecule has 0 saturated carbocycles. The molecule has 0 amide bonds. The first kappa shape index (κ1) is 13.9. The Morgan fingerprint density at radius 1 is 1.41 bits per heavy atom. The zero-order valence-electron chi connectivity index (χ0n) is 10.7. The van der Waals surface area contributed by atoms with E-state index in [-0.39, 0.29) is 5.56 Å². The molecule has 1 rings (SSSR count). The summed E-state index contributed by atoms with van der Waals surface area (Å²) in [6.07, 6.45) is 2.86. The van der Waals surface area contributed by atoms with Crippen molar-refractivity contribution in [2.45, 2.75) is 26.8 Å². The summed E-state index contributed by atoms with van der Waals surface area (Å²) in [4.78, 5) is 11.6. The monoisotopic (exact) mass is 238 g/mol. The molecule has 96 valence electrons. The highest BCUT2D eigenvalue weighted by atomic mass is 16.5. The number of hydrogen-bond donors (Lipinski definition) is 1. The van der Waals surface area contributed by atoms with Crippen LogP contribution < -0.4 is 10.9 Å². The van der Waals surface area contributed by atoms with E-state index in [1.54, 1.807) is 10.6 Å². The second-order valence-electron chi connectivity index (χ2n) is 4.04. The minimum absolute atomic E-state index is 0.0705. The van der Waals surface area contributed by atoms with Crippen LogP contribution in [0.5, 0.6) is 0 Å². The molecule has 0 aliphatic carbocycles. The number of pyridine rings is 1. The average molecular weight is 238 g/mol. The Kier molecular flexibility index (Phi) is 6.58. The maximum Gasteiger partial charge on any atom is 0.250 e. The zero-order valence-corrected chi connectivity index (χ0v) is 10.7. The molecule has 1 aromatic heterocycles. The van der Waals surface area contributed by atoms with Gasteiger partial charge >= 0.3 is 0 Å². The highest BCUT2D eigenvalue weighted by molar-refractivity contribution is 5.07.